The molecular formula is C91H126ClN7O43. The molecule has 0 spiro atoms. The Morgan fingerprint density at radius 2 is 0.887 bits per heavy atom. The predicted octanol–water partition coefficient (Wildman–Crippen LogP) is -7.59. The van der Waals surface area contributed by atoms with Gasteiger partial charge in [0, 0.05) is 73.3 Å². The monoisotopic (exact) mass is 2040 g/mol. The molecule has 22 aliphatic rings. The van der Waals surface area contributed by atoms with Gasteiger partial charge in [0.25, 0.3) is 5.91 Å². The number of Topliss-reactive ketones (excluding diaryl/α,β-unsaturated/α-hetero) is 1. The van der Waals surface area contributed by atoms with Gasteiger partial charge >= 0.3 is 12.1 Å². The van der Waals surface area contributed by atoms with E-state index in [4.69, 9.17) is 93.1 Å². The number of aliphatic hydroxyl groups is 20. The summed E-state index contributed by atoms with van der Waals surface area (Å²) in [5.74, 6) is -5.26. The second-order valence-corrected chi connectivity index (χ2v) is 36.7. The predicted molar refractivity (Wildman–Crippen MR) is 480 cm³/mol. The maximum Gasteiger partial charge on any atom is 0.411 e. The summed E-state index contributed by atoms with van der Waals surface area (Å²) in [5.41, 5.74) is 8.65. The Balaban J connectivity index is 0.667. The molecule has 21 saturated heterocycles. The largest absolute Gasteiger partial charge is 0.497 e. The lowest BCUT2D eigenvalue weighted by Crippen LogP contribution is -2.68. The molecule has 4 aromatic carbocycles. The number of fused-ring (bicyclic) bond motifs is 3. The summed E-state index contributed by atoms with van der Waals surface area (Å²) >= 11 is 6.52. The van der Waals surface area contributed by atoms with Crippen LogP contribution in [0.25, 0.3) is 16.8 Å². The van der Waals surface area contributed by atoms with Crippen LogP contribution in [-0.4, -0.2) is 437 Å². The maximum atomic E-state index is 14.5. The average molecular weight is 2040 g/mol. The quantitative estimate of drug-likeness (QED) is 0.0131. The number of hydrogen-bond donors (Lipinski definition) is 26. The Bertz CT molecular complexity index is 4860. The number of anilines is 3. The Hall–Kier alpha value is -8.30. The summed E-state index contributed by atoms with van der Waals surface area (Å²) in [5, 5.41) is 243. The normalized spacial score (nSPS) is 36.8. The lowest BCUT2D eigenvalue weighted by atomic mass is 9.89. The molecule has 0 aromatic heterocycles. The Kier molecular flexibility index (Phi) is 39.0. The molecule has 22 heterocycles. The average Bonchev–Trinajstić information content (AvgIpc) is 1.44. The molecule has 7 amide bonds. The number of primary amides is 1. The summed E-state index contributed by atoms with van der Waals surface area (Å²) in [6, 6.07) is 20.5. The molecular weight excluding hydrogens is 1910 g/mol. The molecule has 50 nitrogen and oxygen atoms in total. The van der Waals surface area contributed by atoms with Crippen LogP contribution in [0.1, 0.15) is 75.5 Å². The van der Waals surface area contributed by atoms with Gasteiger partial charge in [0.2, 0.25) is 17.7 Å². The Morgan fingerprint density at radius 3 is 1.27 bits per heavy atom. The summed E-state index contributed by atoms with van der Waals surface area (Å²) in [6.45, 7) is -2.85. The molecule has 26 rings (SSSR count). The van der Waals surface area contributed by atoms with Gasteiger partial charge in [0.05, 0.1) is 64.2 Å². The number of benzene rings is 4. The number of carbonyl (C=O) groups is 7. The summed E-state index contributed by atoms with van der Waals surface area (Å²) in [6.07, 6.45) is -72.9. The van der Waals surface area contributed by atoms with Gasteiger partial charge in [-0.15, -0.1) is 11.6 Å². The van der Waals surface area contributed by atoms with Crippen LogP contribution in [0.2, 0.25) is 0 Å². The Labute approximate surface area is 816 Å². The third-order valence-electron chi connectivity index (χ3n) is 26.5. The van der Waals surface area contributed by atoms with Crippen LogP contribution in [0.5, 0.6) is 5.75 Å². The van der Waals surface area contributed by atoms with Gasteiger partial charge < -0.3 is 210 Å². The molecule has 39 atom stereocenters. The standard InChI is InChI=1S/C91H126ClN7O43/c1-36(2)59(48(106)24-40(8-7-23-94-90(93)125)82(124)96-42-17-12-39(13-18-42)35-128-91(126)97-46-25-47-58(45-10-6-5-9-44(45)46)41(26-92)28-99(47)57(108)22-16-38-14-19-43(127-4)20-15-38)98-56(107)21-11-37(3)81(123)95-27-49-74-60(109)67(116)83(129-49)137-75-50(29-100)131-85(69(118)62(75)111)139-77-52(31-102)133-87(71(120)64(77)113)141-79-54(33-104)135-89(73(122)66(79)115)142-80-55(34-105)134-88(72(121)65(80)114)140-78-53(32-103)132-86(70(119)63(78)112)138-76-51(30-101)130-84(136-74)68(117)61(76)110/h5-6,9-10,12-20,22,25,36-37,40-41,49-55,59-80,83-89,100-105,109-122H,7-8,11,21,23-24,26-35H2,1-4H3,(H,95,123)(H,96,124)(H,97,126)(H,98,107)(H3,93,94,125)/b22-16+/t37-,40+,41?,49+,50+,51+,52+,53+,54+,55+,59-,60+,61+,62+,63+,64+,65+,66+,67+,68+,69+,70+,71+,72+,73+,74+,75+,76+,77+,78+,79+,80+,83+,84+,85+,86+,87+,88+,89+/m0/s1. The van der Waals surface area contributed by atoms with Gasteiger partial charge in [-0.1, -0.05) is 69.3 Å². The van der Waals surface area contributed by atoms with Crippen molar-refractivity contribution >= 4 is 87.0 Å². The number of amides is 7. The van der Waals surface area contributed by atoms with Crippen LogP contribution in [0.4, 0.5) is 26.7 Å². The minimum absolute atomic E-state index is 0.0178. The number of alkyl halides is 1. The number of methoxy groups -OCH3 is 1. The Morgan fingerprint density at radius 1 is 0.486 bits per heavy atom. The van der Waals surface area contributed by atoms with E-state index in [1.807, 2.05) is 36.4 Å². The molecule has 27 N–H and O–H groups in total. The van der Waals surface area contributed by atoms with Gasteiger partial charge in [0.1, 0.15) is 183 Å². The van der Waals surface area contributed by atoms with Gasteiger partial charge in [-0.25, -0.2) is 9.59 Å². The third-order valence-corrected chi connectivity index (χ3v) is 26.9. The third kappa shape index (κ3) is 25.4. The first-order valence-electron chi connectivity index (χ1n) is 46.4. The highest BCUT2D eigenvalue weighted by molar-refractivity contribution is 6.19. The second kappa shape index (κ2) is 49.9. The SMILES string of the molecule is COc1ccc(/C=C/C(=O)N2CC(CCl)c3c2cc(NC(=O)OCc2ccc(NC(=O)[C@H](CCCNC(N)=O)CC(=O)[C@@H](NC(=O)CC[C@H](C)C(=O)NC[C@H]4O[C@@H]5O[C@H]6[C@H](O)[C@@H](O)[C@@H](O[C@H]7[C@H](O)[C@@H](O)[C@@H](O[C@H]8[C@H](O)[C@@H](O)[C@@H](O[C@H]9[C@H](O)[C@@H](O)[C@@H](O[C@H]%10[C@H](O)[C@@H](O)[C@@H](O[C@H]%11[C@H](O)[C@@H](O)[C@@H](O[C@H]4[C@H](O)[C@H]5O)O[C@@H]%11CO)O[C@@H]%10CO)O[C@@H]9CO)O[C@@H]8CO)O[C@@H]7CO)O[C@@H]6CO)C(C)C)cc2)c2ccccc32)cc1. The molecule has 4 aromatic rings. The van der Waals surface area contributed by atoms with Gasteiger partial charge in [-0.3, -0.25) is 29.3 Å². The molecule has 0 saturated carbocycles. The lowest BCUT2D eigenvalue weighted by Gasteiger charge is -2.50. The number of nitrogens with zero attached hydrogens (tertiary/aromatic N) is 1. The first-order chi connectivity index (χ1) is 67.9. The lowest BCUT2D eigenvalue weighted by molar-refractivity contribution is -0.396. The first-order valence-corrected chi connectivity index (χ1v) is 47.0. The van der Waals surface area contributed by atoms with Crippen LogP contribution in [0.15, 0.2) is 84.9 Å². The van der Waals surface area contributed by atoms with Crippen LogP contribution in [0.3, 0.4) is 0 Å². The van der Waals surface area contributed by atoms with Crippen LogP contribution in [-0.2, 0) is 102 Å². The van der Waals surface area contributed by atoms with Crippen molar-refractivity contribution in [3.63, 3.8) is 0 Å². The highest BCUT2D eigenvalue weighted by Gasteiger charge is 2.60. The van der Waals surface area contributed by atoms with Crippen molar-refractivity contribution < 1.29 is 211 Å². The van der Waals surface area contributed by atoms with E-state index in [1.165, 1.54) is 13.0 Å². The van der Waals surface area contributed by atoms with E-state index in [-0.39, 0.29) is 62.4 Å². The minimum Gasteiger partial charge on any atom is -0.497 e. The van der Waals surface area contributed by atoms with E-state index in [0.717, 1.165) is 16.5 Å². The van der Waals surface area contributed by atoms with Crippen molar-refractivity contribution in [3.8, 4) is 5.75 Å². The summed E-state index contributed by atoms with van der Waals surface area (Å²) in [4.78, 5) is 97.9. The molecule has 790 valence electrons. The fraction of sp³-hybridized carbons (Fsp3) is 0.659. The molecule has 0 radical (unpaired) electrons. The molecule has 51 heteroatoms. The topological polar surface area (TPSA) is 761 Å². The summed E-state index contributed by atoms with van der Waals surface area (Å²) < 4.78 is 92.9. The van der Waals surface area contributed by atoms with Gasteiger partial charge in [-0.05, 0) is 83.7 Å². The van der Waals surface area contributed by atoms with E-state index >= 15 is 0 Å². The molecule has 142 heavy (non-hydrogen) atoms. The number of rotatable bonds is 30. The van der Waals surface area contributed by atoms with Gasteiger partial charge in [-0.2, -0.15) is 0 Å². The number of ketones is 1. The zero-order valence-corrected chi connectivity index (χ0v) is 78.1. The van der Waals surface area contributed by atoms with E-state index < -0.39 is 333 Å². The van der Waals surface area contributed by atoms with Crippen LogP contribution >= 0.6 is 11.6 Å². The molecule has 0 aliphatic carbocycles. The van der Waals surface area contributed by atoms with E-state index in [2.05, 4.69) is 26.6 Å². The van der Waals surface area contributed by atoms with Crippen molar-refractivity contribution in [1.82, 2.24) is 16.0 Å². The zero-order chi connectivity index (χ0) is 103. The van der Waals surface area contributed by atoms with Crippen molar-refractivity contribution in [3.05, 3.63) is 102 Å². The molecule has 21 fully saturated rings. The smallest absolute Gasteiger partial charge is 0.411 e. The molecule has 1 unspecified atom stereocenters. The fourth-order valence-corrected chi connectivity index (χ4v) is 18.7. The number of aliphatic hydroxyl groups excluding tert-OH is 20. The molecule has 22 aliphatic heterocycles. The van der Waals surface area contributed by atoms with Crippen LogP contribution < -0.4 is 42.0 Å². The maximum absolute atomic E-state index is 14.5. The van der Waals surface area contributed by atoms with Gasteiger partial charge in [0.15, 0.2) is 49.8 Å². The number of nitrogens with one attached hydrogen (secondary N) is 5. The van der Waals surface area contributed by atoms with E-state index in [0.29, 0.717) is 28.1 Å². The van der Waals surface area contributed by atoms with Crippen molar-refractivity contribution in [2.24, 2.45) is 23.5 Å². The van der Waals surface area contributed by atoms with Crippen LogP contribution in [0, 0.1) is 17.8 Å². The van der Waals surface area contributed by atoms with Crippen molar-refractivity contribution in [1.29, 1.82) is 0 Å². The number of carbonyl (C=O) groups excluding carboxylic acids is 7. The van der Waals surface area contributed by atoms with Crippen molar-refractivity contribution in [2.75, 3.05) is 87.8 Å². The zero-order valence-electron chi connectivity index (χ0n) is 77.3. The number of halogens is 1. The fourth-order valence-electron chi connectivity index (χ4n) is 18.5. The first kappa shape index (κ1) is 111. The van der Waals surface area contributed by atoms with E-state index in [9.17, 15) is 136 Å². The second-order valence-electron chi connectivity index (χ2n) is 36.4. The number of nitrogens with two attached hydrogens (primary N) is 1. The minimum atomic E-state index is -2.39. The van der Waals surface area contributed by atoms with Crippen molar-refractivity contribution in [2.45, 2.75) is 286 Å². The number of urea groups is 1. The van der Waals surface area contributed by atoms with E-state index in [1.54, 1.807) is 74.4 Å². The number of hydrogen-bond acceptors (Lipinski definition) is 43. The summed E-state index contributed by atoms with van der Waals surface area (Å²) in [7, 11) is 1.55. The number of ether oxygens (including phenoxy) is 16. The highest BCUT2D eigenvalue weighted by atomic mass is 35.5. The highest BCUT2D eigenvalue weighted by Crippen LogP contribution is 2.47. The molecule has 14 bridgehead atoms.